The second-order valence-electron chi connectivity index (χ2n) is 5.75. The van der Waals surface area contributed by atoms with Crippen LogP contribution in [0.3, 0.4) is 0 Å². The van der Waals surface area contributed by atoms with Gasteiger partial charge in [-0.25, -0.2) is 0 Å². The summed E-state index contributed by atoms with van der Waals surface area (Å²) in [5.74, 6) is 2.70. The van der Waals surface area contributed by atoms with Gasteiger partial charge in [-0.3, -0.25) is 0 Å². The van der Waals surface area contributed by atoms with Gasteiger partial charge >= 0.3 is 0 Å². The highest BCUT2D eigenvalue weighted by molar-refractivity contribution is 5.06. The third-order valence-corrected chi connectivity index (χ3v) is 3.98. The minimum Gasteiger partial charge on any atom is -0.316 e. The van der Waals surface area contributed by atoms with Crippen molar-refractivity contribution in [2.45, 2.75) is 46.0 Å². The van der Waals surface area contributed by atoms with E-state index in [1.54, 1.807) is 5.57 Å². The highest BCUT2D eigenvalue weighted by atomic mass is 14.9. The van der Waals surface area contributed by atoms with Gasteiger partial charge in [0.15, 0.2) is 0 Å². The lowest BCUT2D eigenvalue weighted by Gasteiger charge is -2.29. The van der Waals surface area contributed by atoms with Gasteiger partial charge in [-0.15, -0.1) is 0 Å². The van der Waals surface area contributed by atoms with Crippen LogP contribution in [0.1, 0.15) is 46.0 Å². The Hall–Kier alpha value is -0.300. The number of nitrogens with one attached hydrogen (secondary N) is 1. The predicted molar refractivity (Wildman–Crippen MR) is 65.9 cm³/mol. The first-order valence-electron chi connectivity index (χ1n) is 6.62. The molecular formula is C14H25N. The van der Waals surface area contributed by atoms with Gasteiger partial charge in [-0.2, -0.15) is 0 Å². The van der Waals surface area contributed by atoms with Gasteiger partial charge in [0.25, 0.3) is 0 Å². The van der Waals surface area contributed by atoms with Gasteiger partial charge < -0.3 is 5.32 Å². The van der Waals surface area contributed by atoms with Crippen LogP contribution in [0.2, 0.25) is 0 Å². The average molecular weight is 207 g/mol. The normalized spacial score (nSPS) is 32.3. The van der Waals surface area contributed by atoms with Crippen molar-refractivity contribution in [3.8, 4) is 0 Å². The molecule has 0 radical (unpaired) electrons. The van der Waals surface area contributed by atoms with Gasteiger partial charge in [-0.05, 0) is 63.5 Å². The summed E-state index contributed by atoms with van der Waals surface area (Å²) in [6.45, 7) is 7.15. The molecule has 86 valence electrons. The standard InChI is InChI=1S/C14H25N/c1-11-6-12(2)8-14(7-11)10-15-9-13-4-3-5-13/h6,11,13-15H,3-5,7-10H2,1-2H3. The molecule has 2 rings (SSSR count). The van der Waals surface area contributed by atoms with Gasteiger partial charge in [0.05, 0.1) is 0 Å². The van der Waals surface area contributed by atoms with Crippen LogP contribution in [0.4, 0.5) is 0 Å². The molecule has 0 aromatic rings. The van der Waals surface area contributed by atoms with Crippen LogP contribution in [0.25, 0.3) is 0 Å². The van der Waals surface area contributed by atoms with Crippen LogP contribution in [0, 0.1) is 17.8 Å². The molecule has 0 spiro atoms. The fraction of sp³-hybridized carbons (Fsp3) is 0.857. The molecule has 1 saturated carbocycles. The number of rotatable bonds is 4. The molecule has 15 heavy (non-hydrogen) atoms. The summed E-state index contributed by atoms with van der Waals surface area (Å²) in [6, 6.07) is 0. The second kappa shape index (κ2) is 5.16. The molecular weight excluding hydrogens is 182 g/mol. The number of hydrogen-bond acceptors (Lipinski definition) is 1. The van der Waals surface area contributed by atoms with Crippen LogP contribution in [-0.2, 0) is 0 Å². The molecule has 0 heterocycles. The smallest absolute Gasteiger partial charge is 0.00171 e. The molecule has 1 nitrogen and oxygen atoms in total. The van der Waals surface area contributed by atoms with Crippen molar-refractivity contribution in [1.29, 1.82) is 0 Å². The second-order valence-corrected chi connectivity index (χ2v) is 5.75. The van der Waals surface area contributed by atoms with Crippen molar-refractivity contribution in [2.24, 2.45) is 17.8 Å². The molecule has 2 aliphatic carbocycles. The van der Waals surface area contributed by atoms with E-state index >= 15 is 0 Å². The first-order chi connectivity index (χ1) is 7.24. The maximum atomic E-state index is 3.67. The van der Waals surface area contributed by atoms with E-state index in [4.69, 9.17) is 0 Å². The minimum atomic E-state index is 0.800. The molecule has 1 heteroatoms. The van der Waals surface area contributed by atoms with E-state index < -0.39 is 0 Å². The Morgan fingerprint density at radius 2 is 2.00 bits per heavy atom. The van der Waals surface area contributed by atoms with Crippen molar-refractivity contribution >= 4 is 0 Å². The average Bonchev–Trinajstić information content (AvgIpc) is 2.07. The Kier molecular flexibility index (Phi) is 3.85. The molecule has 1 fully saturated rings. The van der Waals surface area contributed by atoms with Crippen molar-refractivity contribution < 1.29 is 0 Å². The molecule has 2 aliphatic rings. The minimum absolute atomic E-state index is 0.800. The van der Waals surface area contributed by atoms with E-state index in [-0.39, 0.29) is 0 Å². The molecule has 0 bridgehead atoms. The first-order valence-corrected chi connectivity index (χ1v) is 6.62. The highest BCUT2D eigenvalue weighted by Crippen LogP contribution is 2.28. The molecule has 0 saturated heterocycles. The Bertz CT molecular complexity index is 227. The van der Waals surface area contributed by atoms with Crippen LogP contribution in [0.15, 0.2) is 11.6 Å². The Balaban J connectivity index is 1.64. The zero-order valence-electron chi connectivity index (χ0n) is 10.3. The molecule has 2 atom stereocenters. The molecule has 0 aromatic heterocycles. The Morgan fingerprint density at radius 3 is 2.60 bits per heavy atom. The number of allylic oxidation sites excluding steroid dienone is 2. The van der Waals surface area contributed by atoms with E-state index in [0.29, 0.717) is 0 Å². The lowest BCUT2D eigenvalue weighted by molar-refractivity contribution is 0.286. The molecule has 0 aliphatic heterocycles. The zero-order chi connectivity index (χ0) is 10.7. The largest absolute Gasteiger partial charge is 0.316 e. The number of hydrogen-bond donors (Lipinski definition) is 1. The van der Waals surface area contributed by atoms with Crippen molar-refractivity contribution in [3.63, 3.8) is 0 Å². The van der Waals surface area contributed by atoms with Gasteiger partial charge in [0.1, 0.15) is 0 Å². The van der Waals surface area contributed by atoms with E-state index in [2.05, 4.69) is 25.2 Å². The third kappa shape index (κ3) is 3.34. The van der Waals surface area contributed by atoms with Crippen LogP contribution in [0.5, 0.6) is 0 Å². The zero-order valence-corrected chi connectivity index (χ0v) is 10.3. The summed E-state index contributed by atoms with van der Waals surface area (Å²) in [6.07, 6.45) is 9.55. The van der Waals surface area contributed by atoms with Crippen molar-refractivity contribution in [3.05, 3.63) is 11.6 Å². The molecule has 2 unspecified atom stereocenters. The van der Waals surface area contributed by atoms with E-state index in [0.717, 1.165) is 17.8 Å². The van der Waals surface area contributed by atoms with Crippen molar-refractivity contribution in [1.82, 2.24) is 5.32 Å². The summed E-state index contributed by atoms with van der Waals surface area (Å²) in [5, 5.41) is 3.67. The van der Waals surface area contributed by atoms with Gasteiger partial charge in [-0.1, -0.05) is 25.0 Å². The first kappa shape index (κ1) is 11.2. The quantitative estimate of drug-likeness (QED) is 0.697. The van der Waals surface area contributed by atoms with Gasteiger partial charge in [0.2, 0.25) is 0 Å². The highest BCUT2D eigenvalue weighted by Gasteiger charge is 2.20. The van der Waals surface area contributed by atoms with Crippen LogP contribution < -0.4 is 5.32 Å². The summed E-state index contributed by atoms with van der Waals surface area (Å²) >= 11 is 0. The summed E-state index contributed by atoms with van der Waals surface area (Å²) in [4.78, 5) is 0. The monoisotopic (exact) mass is 207 g/mol. The fourth-order valence-electron chi connectivity index (χ4n) is 3.03. The van der Waals surface area contributed by atoms with Crippen molar-refractivity contribution in [2.75, 3.05) is 13.1 Å². The van der Waals surface area contributed by atoms with E-state index in [1.807, 2.05) is 0 Å². The van der Waals surface area contributed by atoms with E-state index in [1.165, 1.54) is 45.2 Å². The topological polar surface area (TPSA) is 12.0 Å². The molecule has 0 aromatic carbocycles. The fourth-order valence-corrected chi connectivity index (χ4v) is 3.03. The molecule has 1 N–H and O–H groups in total. The Morgan fingerprint density at radius 1 is 1.27 bits per heavy atom. The van der Waals surface area contributed by atoms with Crippen LogP contribution >= 0.6 is 0 Å². The SMILES string of the molecule is CC1=CC(C)CC(CNCC2CCC2)C1. The van der Waals surface area contributed by atoms with Gasteiger partial charge in [0, 0.05) is 0 Å². The summed E-state index contributed by atoms with van der Waals surface area (Å²) in [7, 11) is 0. The third-order valence-electron chi connectivity index (χ3n) is 3.98. The summed E-state index contributed by atoms with van der Waals surface area (Å²) < 4.78 is 0. The predicted octanol–water partition coefficient (Wildman–Crippen LogP) is 3.37. The maximum absolute atomic E-state index is 3.67. The Labute approximate surface area is 94.3 Å². The summed E-state index contributed by atoms with van der Waals surface area (Å²) in [5.41, 5.74) is 1.60. The maximum Gasteiger partial charge on any atom is -0.00171 e. The molecule has 0 amide bonds. The lowest BCUT2D eigenvalue weighted by Crippen LogP contribution is -2.32. The van der Waals surface area contributed by atoms with E-state index in [9.17, 15) is 0 Å². The lowest BCUT2D eigenvalue weighted by atomic mass is 9.83. The van der Waals surface area contributed by atoms with Crippen LogP contribution in [-0.4, -0.2) is 13.1 Å².